The molecule has 1 atom stereocenters. The molecule has 0 aliphatic heterocycles. The first kappa shape index (κ1) is 23.6. The Hall–Kier alpha value is -3.01. The van der Waals surface area contributed by atoms with Gasteiger partial charge in [0.1, 0.15) is 28.3 Å². The number of hydrogen-bond acceptors (Lipinski definition) is 4. The van der Waals surface area contributed by atoms with Gasteiger partial charge in [0.2, 0.25) is 15.9 Å². The molecule has 0 aromatic heterocycles. The molecule has 3 rings (SSSR count). The Kier molecular flexibility index (Phi) is 7.44. The van der Waals surface area contributed by atoms with Gasteiger partial charge in [-0.1, -0.05) is 41.9 Å². The lowest BCUT2D eigenvalue weighted by Gasteiger charge is -2.20. The zero-order chi connectivity index (χ0) is 23.3. The molecule has 0 bridgehead atoms. The molecule has 0 radical (unpaired) electrons. The van der Waals surface area contributed by atoms with Crippen LogP contribution in [0.25, 0.3) is 0 Å². The smallest absolute Gasteiger partial charge is 0.245 e. The Bertz CT molecular complexity index is 1220. The van der Waals surface area contributed by atoms with Crippen LogP contribution in [0.2, 0.25) is 5.02 Å². The maximum Gasteiger partial charge on any atom is 0.245 e. The lowest BCUT2D eigenvalue weighted by molar-refractivity contribution is -0.117. The van der Waals surface area contributed by atoms with Crippen LogP contribution >= 0.6 is 11.6 Å². The molecule has 0 fully saturated rings. The monoisotopic (exact) mass is 480 g/mol. The first-order valence-electron chi connectivity index (χ1n) is 9.35. The van der Waals surface area contributed by atoms with Gasteiger partial charge in [-0.05, 0) is 42.3 Å². The zero-order valence-electron chi connectivity index (χ0n) is 16.8. The van der Waals surface area contributed by atoms with Crippen molar-refractivity contribution < 1.29 is 26.7 Å². The van der Waals surface area contributed by atoms with E-state index in [1.165, 1.54) is 25.3 Å². The predicted octanol–water partition coefficient (Wildman–Crippen LogP) is 4.16. The molecular weight excluding hydrogens is 462 g/mol. The SMILES string of the molecule is COc1ccc(Cl)cc1S(=O)(=O)N[C@H](Cc1ccccc1)C(=O)Nc1cc(F)ccc1F. The second-order valence-corrected chi connectivity index (χ2v) is 8.89. The minimum Gasteiger partial charge on any atom is -0.495 e. The summed E-state index contributed by atoms with van der Waals surface area (Å²) in [5, 5.41) is 2.40. The summed E-state index contributed by atoms with van der Waals surface area (Å²) in [6, 6.07) is 13.9. The third-order valence-corrected chi connectivity index (χ3v) is 6.23. The Morgan fingerprint density at radius 2 is 1.78 bits per heavy atom. The second kappa shape index (κ2) is 10.1. The molecule has 168 valence electrons. The Morgan fingerprint density at radius 3 is 2.47 bits per heavy atom. The first-order chi connectivity index (χ1) is 15.2. The molecule has 3 aromatic carbocycles. The highest BCUT2D eigenvalue weighted by Crippen LogP contribution is 2.27. The third-order valence-electron chi connectivity index (χ3n) is 4.50. The molecule has 0 heterocycles. The van der Waals surface area contributed by atoms with Crippen LogP contribution in [0.5, 0.6) is 5.75 Å². The molecule has 3 aromatic rings. The number of halogens is 3. The van der Waals surface area contributed by atoms with Gasteiger partial charge in [0.25, 0.3) is 0 Å². The lowest BCUT2D eigenvalue weighted by Crippen LogP contribution is -2.45. The van der Waals surface area contributed by atoms with Gasteiger partial charge in [-0.2, -0.15) is 4.72 Å². The number of sulfonamides is 1. The van der Waals surface area contributed by atoms with Crippen LogP contribution in [0.4, 0.5) is 14.5 Å². The van der Waals surface area contributed by atoms with E-state index in [0.717, 1.165) is 18.2 Å². The van der Waals surface area contributed by atoms with Crippen molar-refractivity contribution in [3.8, 4) is 5.75 Å². The summed E-state index contributed by atoms with van der Waals surface area (Å²) in [6.45, 7) is 0. The lowest BCUT2D eigenvalue weighted by atomic mass is 10.1. The molecule has 0 saturated carbocycles. The highest BCUT2D eigenvalue weighted by atomic mass is 35.5. The molecule has 0 unspecified atom stereocenters. The number of nitrogens with one attached hydrogen (secondary N) is 2. The molecule has 0 aliphatic carbocycles. The van der Waals surface area contributed by atoms with Crippen molar-refractivity contribution in [1.29, 1.82) is 0 Å². The van der Waals surface area contributed by atoms with Crippen molar-refractivity contribution in [1.82, 2.24) is 4.72 Å². The van der Waals surface area contributed by atoms with Gasteiger partial charge < -0.3 is 10.1 Å². The van der Waals surface area contributed by atoms with Gasteiger partial charge in [-0.25, -0.2) is 17.2 Å². The number of hydrogen-bond donors (Lipinski definition) is 2. The summed E-state index contributed by atoms with van der Waals surface area (Å²) in [4.78, 5) is 12.7. The average Bonchev–Trinajstić information content (AvgIpc) is 2.76. The van der Waals surface area contributed by atoms with E-state index in [4.69, 9.17) is 16.3 Å². The van der Waals surface area contributed by atoms with Crippen molar-refractivity contribution >= 4 is 33.2 Å². The van der Waals surface area contributed by atoms with Crippen LogP contribution in [0.1, 0.15) is 5.56 Å². The van der Waals surface area contributed by atoms with Gasteiger partial charge in [-0.3, -0.25) is 4.79 Å². The van der Waals surface area contributed by atoms with Gasteiger partial charge >= 0.3 is 0 Å². The van der Waals surface area contributed by atoms with Crippen molar-refractivity contribution in [3.05, 3.63) is 89.0 Å². The summed E-state index contributed by atoms with van der Waals surface area (Å²) >= 11 is 5.94. The van der Waals surface area contributed by atoms with Crippen LogP contribution in [0, 0.1) is 11.6 Å². The molecule has 0 saturated heterocycles. The van der Waals surface area contributed by atoms with E-state index in [1.54, 1.807) is 30.3 Å². The fourth-order valence-electron chi connectivity index (χ4n) is 2.96. The van der Waals surface area contributed by atoms with E-state index in [0.29, 0.717) is 5.56 Å². The summed E-state index contributed by atoms with van der Waals surface area (Å²) in [5.41, 5.74) is 0.237. The summed E-state index contributed by atoms with van der Waals surface area (Å²) in [6.07, 6.45) is -0.0499. The summed E-state index contributed by atoms with van der Waals surface area (Å²) < 4.78 is 61.1. The molecular formula is C22H19ClF2N2O4S. The Balaban J connectivity index is 1.95. The minimum atomic E-state index is -4.29. The van der Waals surface area contributed by atoms with Gasteiger partial charge in [0, 0.05) is 11.1 Å². The van der Waals surface area contributed by atoms with Crippen LogP contribution in [-0.2, 0) is 21.2 Å². The standard InChI is InChI=1S/C22H19ClF2N2O4S/c1-31-20-10-7-15(23)12-21(20)32(29,30)27-19(11-14-5-3-2-4-6-14)22(28)26-18-13-16(24)8-9-17(18)25/h2-10,12-13,19,27H,11H2,1H3,(H,26,28)/t19-/m1/s1. The Morgan fingerprint density at radius 1 is 1.06 bits per heavy atom. The number of anilines is 1. The predicted molar refractivity (Wildman–Crippen MR) is 117 cm³/mol. The first-order valence-corrected chi connectivity index (χ1v) is 11.2. The largest absolute Gasteiger partial charge is 0.495 e. The summed E-state index contributed by atoms with van der Waals surface area (Å²) in [5.74, 6) is -2.47. The van der Waals surface area contributed by atoms with Crippen LogP contribution in [0.3, 0.4) is 0 Å². The normalized spacial score (nSPS) is 12.2. The fraction of sp³-hybridized carbons (Fsp3) is 0.136. The number of carbonyl (C=O) groups is 1. The molecule has 1 amide bonds. The average molecular weight is 481 g/mol. The van der Waals surface area contributed by atoms with Crippen molar-refractivity contribution in [2.75, 3.05) is 12.4 Å². The van der Waals surface area contributed by atoms with E-state index in [9.17, 15) is 22.0 Å². The van der Waals surface area contributed by atoms with Gasteiger partial charge in [0.15, 0.2) is 0 Å². The molecule has 6 nitrogen and oxygen atoms in total. The number of methoxy groups -OCH3 is 1. The number of carbonyl (C=O) groups excluding carboxylic acids is 1. The van der Waals surface area contributed by atoms with Gasteiger partial charge in [-0.15, -0.1) is 0 Å². The highest BCUT2D eigenvalue weighted by molar-refractivity contribution is 7.89. The molecule has 2 N–H and O–H groups in total. The second-order valence-electron chi connectivity index (χ2n) is 6.77. The molecule has 32 heavy (non-hydrogen) atoms. The summed E-state index contributed by atoms with van der Waals surface area (Å²) in [7, 11) is -2.99. The third kappa shape index (κ3) is 5.82. The molecule has 0 aliphatic rings. The maximum absolute atomic E-state index is 14.0. The van der Waals surface area contributed by atoms with E-state index in [-0.39, 0.29) is 22.1 Å². The highest BCUT2D eigenvalue weighted by Gasteiger charge is 2.29. The minimum absolute atomic E-state index is 0.0249. The van der Waals surface area contributed by atoms with E-state index in [2.05, 4.69) is 10.0 Å². The zero-order valence-corrected chi connectivity index (χ0v) is 18.4. The van der Waals surface area contributed by atoms with E-state index >= 15 is 0 Å². The van der Waals surface area contributed by atoms with E-state index in [1.807, 2.05) is 0 Å². The topological polar surface area (TPSA) is 84.5 Å². The van der Waals surface area contributed by atoms with E-state index < -0.39 is 39.3 Å². The maximum atomic E-state index is 14.0. The quantitative estimate of drug-likeness (QED) is 0.507. The van der Waals surface area contributed by atoms with Crippen molar-refractivity contribution in [2.24, 2.45) is 0 Å². The van der Waals surface area contributed by atoms with Crippen LogP contribution < -0.4 is 14.8 Å². The number of amides is 1. The molecule has 10 heteroatoms. The number of rotatable bonds is 8. The van der Waals surface area contributed by atoms with Crippen molar-refractivity contribution in [2.45, 2.75) is 17.4 Å². The number of benzene rings is 3. The molecule has 0 spiro atoms. The van der Waals surface area contributed by atoms with Crippen LogP contribution in [0.15, 0.2) is 71.6 Å². The fourth-order valence-corrected chi connectivity index (χ4v) is 4.59. The van der Waals surface area contributed by atoms with Gasteiger partial charge in [0.05, 0.1) is 12.8 Å². The van der Waals surface area contributed by atoms with Crippen molar-refractivity contribution in [3.63, 3.8) is 0 Å². The Labute approximate surface area is 189 Å². The van der Waals surface area contributed by atoms with Crippen LogP contribution in [-0.4, -0.2) is 27.5 Å². The number of ether oxygens (including phenoxy) is 1.